The average molecular weight is 360 g/mol. The molecule has 0 aromatic heterocycles. The summed E-state index contributed by atoms with van der Waals surface area (Å²) in [7, 11) is 0. The number of hydrogen-bond donors (Lipinski definition) is 1. The SMILES string of the molecule is C=Cc1cc(Nc2ccc(Cl)cc2)cc(/C(=C\C)c2ccc(C)cc2)c1. The van der Waals surface area contributed by atoms with E-state index in [1.54, 1.807) is 0 Å². The fourth-order valence-electron chi connectivity index (χ4n) is 2.93. The third-order valence-electron chi connectivity index (χ3n) is 4.29. The summed E-state index contributed by atoms with van der Waals surface area (Å²) in [5.41, 5.74) is 7.92. The number of hydrogen-bond acceptors (Lipinski definition) is 1. The van der Waals surface area contributed by atoms with E-state index in [9.17, 15) is 0 Å². The zero-order valence-corrected chi connectivity index (χ0v) is 15.8. The third-order valence-corrected chi connectivity index (χ3v) is 4.54. The molecule has 0 aliphatic carbocycles. The van der Waals surface area contributed by atoms with Crippen LogP contribution in [-0.2, 0) is 0 Å². The summed E-state index contributed by atoms with van der Waals surface area (Å²) < 4.78 is 0. The Labute approximate surface area is 160 Å². The van der Waals surface area contributed by atoms with Crippen LogP contribution in [0.15, 0.2) is 79.4 Å². The lowest BCUT2D eigenvalue weighted by Gasteiger charge is -2.14. The first-order chi connectivity index (χ1) is 12.6. The van der Waals surface area contributed by atoms with Gasteiger partial charge in [0.05, 0.1) is 0 Å². The minimum Gasteiger partial charge on any atom is -0.355 e. The highest BCUT2D eigenvalue weighted by molar-refractivity contribution is 6.30. The van der Waals surface area contributed by atoms with Gasteiger partial charge in [-0.05, 0) is 78.6 Å². The second-order valence-electron chi connectivity index (χ2n) is 6.25. The Hall–Kier alpha value is -2.77. The van der Waals surface area contributed by atoms with Crippen molar-refractivity contribution in [2.45, 2.75) is 13.8 Å². The van der Waals surface area contributed by atoms with Crippen molar-refractivity contribution in [1.82, 2.24) is 0 Å². The molecule has 130 valence electrons. The van der Waals surface area contributed by atoms with Crippen molar-refractivity contribution in [2.75, 3.05) is 5.32 Å². The molecule has 3 rings (SSSR count). The summed E-state index contributed by atoms with van der Waals surface area (Å²) >= 11 is 5.98. The van der Waals surface area contributed by atoms with E-state index in [4.69, 9.17) is 11.6 Å². The smallest absolute Gasteiger partial charge is 0.0407 e. The predicted octanol–water partition coefficient (Wildman–Crippen LogP) is 7.49. The molecule has 26 heavy (non-hydrogen) atoms. The van der Waals surface area contributed by atoms with Crippen LogP contribution in [-0.4, -0.2) is 0 Å². The Balaban J connectivity index is 1.99. The van der Waals surface area contributed by atoms with E-state index in [1.165, 1.54) is 16.7 Å². The second kappa shape index (κ2) is 8.07. The van der Waals surface area contributed by atoms with Crippen LogP contribution in [0.4, 0.5) is 11.4 Å². The quantitative estimate of drug-likeness (QED) is 0.497. The first-order valence-electron chi connectivity index (χ1n) is 8.63. The summed E-state index contributed by atoms with van der Waals surface area (Å²) in [6, 6.07) is 22.7. The highest BCUT2D eigenvalue weighted by Crippen LogP contribution is 2.29. The van der Waals surface area contributed by atoms with Crippen LogP contribution in [0.2, 0.25) is 5.02 Å². The topological polar surface area (TPSA) is 12.0 Å². The monoisotopic (exact) mass is 359 g/mol. The number of aryl methyl sites for hydroxylation is 1. The van der Waals surface area contributed by atoms with Crippen LogP contribution < -0.4 is 5.32 Å². The number of allylic oxidation sites excluding steroid dienone is 1. The number of anilines is 2. The van der Waals surface area contributed by atoms with Gasteiger partial charge in [-0.25, -0.2) is 0 Å². The van der Waals surface area contributed by atoms with E-state index < -0.39 is 0 Å². The molecule has 0 saturated carbocycles. The standard InChI is InChI=1S/C24H22ClN/c1-4-18-14-20(24(5-2)19-8-6-17(3)7-9-19)16-23(15-18)26-22-12-10-21(25)11-13-22/h4-16,26H,1H2,2-3H3/b24-5-. The highest BCUT2D eigenvalue weighted by atomic mass is 35.5. The molecule has 3 aromatic carbocycles. The van der Waals surface area contributed by atoms with Crippen molar-refractivity contribution in [3.63, 3.8) is 0 Å². The minimum absolute atomic E-state index is 0.728. The van der Waals surface area contributed by atoms with Crippen LogP contribution >= 0.6 is 11.6 Å². The van der Waals surface area contributed by atoms with E-state index >= 15 is 0 Å². The summed E-state index contributed by atoms with van der Waals surface area (Å²) in [4.78, 5) is 0. The third kappa shape index (κ3) is 4.25. The molecule has 3 aromatic rings. The average Bonchev–Trinajstić information content (AvgIpc) is 2.65. The zero-order chi connectivity index (χ0) is 18.5. The van der Waals surface area contributed by atoms with Crippen LogP contribution in [0.5, 0.6) is 0 Å². The summed E-state index contributed by atoms with van der Waals surface area (Å²) in [5.74, 6) is 0. The normalized spacial score (nSPS) is 11.3. The molecule has 0 spiro atoms. The molecular formula is C24H22ClN. The molecule has 0 unspecified atom stereocenters. The van der Waals surface area contributed by atoms with Gasteiger partial charge in [-0.15, -0.1) is 0 Å². The number of rotatable bonds is 5. The van der Waals surface area contributed by atoms with Crippen molar-refractivity contribution >= 4 is 34.6 Å². The highest BCUT2D eigenvalue weighted by Gasteiger charge is 2.07. The Morgan fingerprint density at radius 3 is 2.19 bits per heavy atom. The first-order valence-corrected chi connectivity index (χ1v) is 9.00. The Morgan fingerprint density at radius 2 is 1.58 bits per heavy atom. The lowest BCUT2D eigenvalue weighted by atomic mass is 9.95. The Bertz CT molecular complexity index is 935. The van der Waals surface area contributed by atoms with Crippen molar-refractivity contribution in [3.8, 4) is 0 Å². The molecule has 0 radical (unpaired) electrons. The maximum absolute atomic E-state index is 5.98. The molecule has 0 fully saturated rings. The molecule has 1 nitrogen and oxygen atoms in total. The van der Waals surface area contributed by atoms with E-state index in [0.29, 0.717) is 0 Å². The fourth-order valence-corrected chi connectivity index (χ4v) is 3.06. The predicted molar refractivity (Wildman–Crippen MR) is 115 cm³/mol. The molecule has 0 saturated heterocycles. The molecule has 2 heteroatoms. The van der Waals surface area contributed by atoms with Gasteiger partial charge in [-0.1, -0.05) is 60.2 Å². The van der Waals surface area contributed by atoms with Crippen LogP contribution in [0.25, 0.3) is 11.6 Å². The van der Waals surface area contributed by atoms with Gasteiger partial charge >= 0.3 is 0 Å². The zero-order valence-electron chi connectivity index (χ0n) is 15.1. The maximum atomic E-state index is 5.98. The van der Waals surface area contributed by atoms with Gasteiger partial charge in [0.2, 0.25) is 0 Å². The van der Waals surface area contributed by atoms with E-state index in [0.717, 1.165) is 27.5 Å². The summed E-state index contributed by atoms with van der Waals surface area (Å²) in [6.07, 6.45) is 4.03. The number of nitrogens with one attached hydrogen (secondary N) is 1. The number of halogens is 1. The first kappa shape index (κ1) is 18.0. The maximum Gasteiger partial charge on any atom is 0.0407 e. The lowest BCUT2D eigenvalue weighted by Crippen LogP contribution is -1.95. The van der Waals surface area contributed by atoms with E-state index in [2.05, 4.69) is 74.3 Å². The summed E-state index contributed by atoms with van der Waals surface area (Å²) in [6.45, 7) is 8.11. The van der Waals surface area contributed by atoms with Gasteiger partial charge in [0.25, 0.3) is 0 Å². The van der Waals surface area contributed by atoms with Crippen molar-refractivity contribution in [1.29, 1.82) is 0 Å². The molecular weight excluding hydrogens is 338 g/mol. The fraction of sp³-hybridized carbons (Fsp3) is 0.0833. The molecule has 1 N–H and O–H groups in total. The molecule has 0 aliphatic heterocycles. The lowest BCUT2D eigenvalue weighted by molar-refractivity contribution is 1.43. The molecule has 0 aliphatic rings. The van der Waals surface area contributed by atoms with Crippen molar-refractivity contribution < 1.29 is 0 Å². The van der Waals surface area contributed by atoms with Gasteiger partial charge in [0.1, 0.15) is 0 Å². The largest absolute Gasteiger partial charge is 0.355 e. The van der Waals surface area contributed by atoms with Crippen LogP contribution in [0.1, 0.15) is 29.2 Å². The summed E-state index contributed by atoms with van der Waals surface area (Å²) in [5, 5.41) is 4.18. The van der Waals surface area contributed by atoms with E-state index in [1.807, 2.05) is 30.3 Å². The van der Waals surface area contributed by atoms with Crippen molar-refractivity contribution in [2.24, 2.45) is 0 Å². The molecule has 0 heterocycles. The molecule has 0 bridgehead atoms. The van der Waals surface area contributed by atoms with Gasteiger partial charge in [0, 0.05) is 16.4 Å². The molecule has 0 amide bonds. The minimum atomic E-state index is 0.728. The van der Waals surface area contributed by atoms with Gasteiger partial charge in [-0.3, -0.25) is 0 Å². The van der Waals surface area contributed by atoms with E-state index in [-0.39, 0.29) is 0 Å². The number of benzene rings is 3. The van der Waals surface area contributed by atoms with Crippen molar-refractivity contribution in [3.05, 3.63) is 107 Å². The van der Waals surface area contributed by atoms with Gasteiger partial charge in [0.15, 0.2) is 0 Å². The Morgan fingerprint density at radius 1 is 0.885 bits per heavy atom. The molecule has 0 atom stereocenters. The van der Waals surface area contributed by atoms with Crippen LogP contribution in [0, 0.1) is 6.92 Å². The van der Waals surface area contributed by atoms with Gasteiger partial charge in [-0.2, -0.15) is 0 Å². The van der Waals surface area contributed by atoms with Crippen LogP contribution in [0.3, 0.4) is 0 Å². The van der Waals surface area contributed by atoms with Gasteiger partial charge < -0.3 is 5.32 Å². The Kier molecular flexibility index (Phi) is 5.60. The second-order valence-corrected chi connectivity index (χ2v) is 6.68.